The molecule has 0 aliphatic heterocycles. The van der Waals surface area contributed by atoms with E-state index in [0.717, 1.165) is 0 Å². The summed E-state index contributed by atoms with van der Waals surface area (Å²) in [6, 6.07) is 0. The molecule has 0 bridgehead atoms. The smallest absolute Gasteiger partial charge is 1.00 e. The van der Waals surface area contributed by atoms with Crippen molar-refractivity contribution >= 4 is 30.4 Å². The van der Waals surface area contributed by atoms with Gasteiger partial charge in [-0.3, -0.25) is 0 Å². The van der Waals surface area contributed by atoms with E-state index in [9.17, 15) is 0 Å². The van der Waals surface area contributed by atoms with Crippen molar-refractivity contribution in [3.05, 3.63) is 0 Å². The van der Waals surface area contributed by atoms with Gasteiger partial charge < -0.3 is 17.9 Å². The van der Waals surface area contributed by atoms with Crippen LogP contribution in [0.25, 0.3) is 0 Å². The molecule has 0 fully saturated rings. The predicted octanol–water partition coefficient (Wildman–Crippen LogP) is -2.21. The fourth-order valence-corrected chi connectivity index (χ4v) is 0. The summed E-state index contributed by atoms with van der Waals surface area (Å²) >= 11 is 0. The van der Waals surface area contributed by atoms with Crippen LogP contribution >= 0.6 is 0 Å². The maximum absolute atomic E-state index is 7.17. The summed E-state index contributed by atoms with van der Waals surface area (Å²) in [5, 5.41) is 21.5. The molecule has 0 radical (unpaired) electrons. The first kappa shape index (κ1) is 15.7. The summed E-state index contributed by atoms with van der Waals surface area (Å²) in [4.78, 5) is 0. The molecule has 0 amide bonds. The monoisotopic (exact) mass is 246 g/mol. The zero-order valence-corrected chi connectivity index (χ0v) is 6.66. The van der Waals surface area contributed by atoms with Crippen molar-refractivity contribution in [2.75, 3.05) is 0 Å². The topological polar surface area (TPSA) is 60.7 Å². The van der Waals surface area contributed by atoms with Crippen LogP contribution in [0.15, 0.2) is 0 Å². The summed E-state index contributed by atoms with van der Waals surface area (Å²) in [7, 11) is -2.17. The molecule has 0 aromatic rings. The molecule has 0 aliphatic carbocycles. The van der Waals surface area contributed by atoms with Gasteiger partial charge in [0, 0.05) is 39.9 Å². The summed E-state index contributed by atoms with van der Waals surface area (Å²) in [6.07, 6.45) is 0. The molecule has 3 nitrogen and oxygen atoms in total. The normalized spacial score (nSPS) is 4.50. The molecule has 0 spiro atoms. The Kier molecular flexibility index (Phi) is 26.4. The van der Waals surface area contributed by atoms with Crippen LogP contribution in [0.3, 0.4) is 0 Å². The van der Waals surface area contributed by atoms with Gasteiger partial charge in [0.2, 0.25) is 0 Å². The standard InChI is InChI=1S/BH3O3.Gd.Mg.2H/c2-1(3)4;;;;/h2-4H;;;;/q;;+2;2*-1. The fraction of sp³-hybridized carbons (Fsp3) is 0. The fourth-order valence-electron chi connectivity index (χ4n) is 0. The van der Waals surface area contributed by atoms with Crippen LogP contribution in [0.2, 0.25) is 0 Å². The Morgan fingerprint density at radius 2 is 1.17 bits per heavy atom. The third-order valence-corrected chi connectivity index (χ3v) is 0. The van der Waals surface area contributed by atoms with Gasteiger partial charge in [-0.1, -0.05) is 0 Å². The Morgan fingerprint density at radius 3 is 1.17 bits per heavy atom. The molecule has 6 heavy (non-hydrogen) atoms. The van der Waals surface area contributed by atoms with Crippen molar-refractivity contribution < 1.29 is 57.9 Å². The van der Waals surface area contributed by atoms with E-state index in [4.69, 9.17) is 15.1 Å². The Bertz CT molecular complexity index is 22.0. The maximum Gasteiger partial charge on any atom is 2.00 e. The Hall–Kier alpha value is 2.04. The van der Waals surface area contributed by atoms with Gasteiger partial charge in [-0.2, -0.15) is 0 Å². The van der Waals surface area contributed by atoms with E-state index in [2.05, 4.69) is 0 Å². The molecule has 36 valence electrons. The van der Waals surface area contributed by atoms with Gasteiger partial charge in [0.05, 0.1) is 0 Å². The molecule has 0 aromatic carbocycles. The molecule has 0 atom stereocenters. The minimum Gasteiger partial charge on any atom is -1.00 e. The summed E-state index contributed by atoms with van der Waals surface area (Å²) in [5.74, 6) is 0. The van der Waals surface area contributed by atoms with Crippen LogP contribution in [-0.4, -0.2) is 45.4 Å². The Balaban J connectivity index is -0.00000000750. The maximum atomic E-state index is 7.17. The van der Waals surface area contributed by atoms with Crippen molar-refractivity contribution in [1.82, 2.24) is 0 Å². The second-order valence-electron chi connectivity index (χ2n) is 0.346. The van der Waals surface area contributed by atoms with E-state index in [1.54, 1.807) is 0 Å². The van der Waals surface area contributed by atoms with Gasteiger partial charge in [0.1, 0.15) is 0 Å². The van der Waals surface area contributed by atoms with Crippen LogP contribution in [-0.2, 0) is 0 Å². The average molecular weight is 245 g/mol. The summed E-state index contributed by atoms with van der Waals surface area (Å²) in [5.41, 5.74) is 0. The minimum atomic E-state index is -2.17. The molecule has 0 aromatic heterocycles. The quantitative estimate of drug-likeness (QED) is 0.424. The van der Waals surface area contributed by atoms with Gasteiger partial charge in [-0.05, 0) is 0 Å². The first-order chi connectivity index (χ1) is 1.73. The van der Waals surface area contributed by atoms with E-state index < -0.39 is 7.32 Å². The van der Waals surface area contributed by atoms with Crippen LogP contribution in [0.4, 0.5) is 0 Å². The molecule has 0 saturated carbocycles. The van der Waals surface area contributed by atoms with Crippen LogP contribution < -0.4 is 0 Å². The van der Waals surface area contributed by atoms with Gasteiger partial charge in [-0.25, -0.2) is 0 Å². The molecule has 6 heteroatoms. The summed E-state index contributed by atoms with van der Waals surface area (Å²) < 4.78 is 0. The second kappa shape index (κ2) is 10.1. The zero-order chi connectivity index (χ0) is 3.58. The van der Waals surface area contributed by atoms with Gasteiger partial charge in [0.15, 0.2) is 0 Å². The number of hydrogen-bond donors (Lipinski definition) is 3. The third kappa shape index (κ3) is 36.9. The van der Waals surface area contributed by atoms with Crippen molar-refractivity contribution in [3.8, 4) is 0 Å². The first-order valence-electron chi connectivity index (χ1n) is 0.775. The minimum absolute atomic E-state index is 0. The SMILES string of the molecule is OB(O)O.[Gd].[H-].[H-].[Mg+2]. The molecular weight excluding hydrogens is 240 g/mol. The van der Waals surface area contributed by atoms with Gasteiger partial charge in [-0.15, -0.1) is 0 Å². The Morgan fingerprint density at radius 1 is 1.17 bits per heavy atom. The molecule has 0 heterocycles. The number of rotatable bonds is 0. The Labute approximate surface area is 87.1 Å². The molecule has 0 aliphatic rings. The molecule has 0 rings (SSSR count). The van der Waals surface area contributed by atoms with E-state index >= 15 is 0 Å². The second-order valence-corrected chi connectivity index (χ2v) is 0.346. The van der Waals surface area contributed by atoms with Crippen molar-refractivity contribution in [1.29, 1.82) is 0 Å². The van der Waals surface area contributed by atoms with Gasteiger partial charge >= 0.3 is 30.4 Å². The van der Waals surface area contributed by atoms with Crippen molar-refractivity contribution in [3.63, 3.8) is 0 Å². The van der Waals surface area contributed by atoms with E-state index in [0.29, 0.717) is 0 Å². The first-order valence-corrected chi connectivity index (χ1v) is 0.775. The van der Waals surface area contributed by atoms with E-state index in [-0.39, 0.29) is 65.8 Å². The van der Waals surface area contributed by atoms with Crippen LogP contribution in [0.1, 0.15) is 2.85 Å². The molecule has 0 saturated heterocycles. The molecule has 0 unspecified atom stereocenters. The predicted molar refractivity (Wildman–Crippen MR) is 20.4 cm³/mol. The van der Waals surface area contributed by atoms with E-state index in [1.807, 2.05) is 0 Å². The van der Waals surface area contributed by atoms with E-state index in [1.165, 1.54) is 0 Å². The summed E-state index contributed by atoms with van der Waals surface area (Å²) in [6.45, 7) is 0. The largest absolute Gasteiger partial charge is 2.00 e. The van der Waals surface area contributed by atoms with Crippen molar-refractivity contribution in [2.45, 2.75) is 0 Å². The molecular formula is H5BGdMgO3. The number of hydrogen-bond acceptors (Lipinski definition) is 3. The van der Waals surface area contributed by atoms with Crippen LogP contribution in [0.5, 0.6) is 0 Å². The van der Waals surface area contributed by atoms with Gasteiger partial charge in [0.25, 0.3) is 0 Å². The van der Waals surface area contributed by atoms with Crippen molar-refractivity contribution in [2.24, 2.45) is 0 Å². The third-order valence-electron chi connectivity index (χ3n) is 0. The average Bonchev–Trinajstić information content (AvgIpc) is 0.811. The van der Waals surface area contributed by atoms with Crippen LogP contribution in [0, 0.1) is 39.9 Å². The zero-order valence-electron chi connectivity index (χ0n) is 4.98. The molecule has 3 N–H and O–H groups in total.